The number of benzene rings is 1. The van der Waals surface area contributed by atoms with E-state index in [1.54, 1.807) is 7.11 Å². The summed E-state index contributed by atoms with van der Waals surface area (Å²) < 4.78 is 5.76. The lowest BCUT2D eigenvalue weighted by atomic mass is 9.75. The number of H-pyrrole nitrogens is 1. The van der Waals surface area contributed by atoms with Crippen molar-refractivity contribution in [2.75, 3.05) is 26.7 Å². The fraction of sp³-hybridized carbons (Fsp3) is 0.625. The highest BCUT2D eigenvalue weighted by Gasteiger charge is 2.53. The zero-order chi connectivity index (χ0) is 19.8. The number of unbranched alkanes of at least 4 members (excludes halogenated alkanes) is 1. The molecule has 5 nitrogen and oxygen atoms in total. The number of likely N-dealkylation sites (tertiary alicyclic amines) is 1. The van der Waals surface area contributed by atoms with Gasteiger partial charge in [-0.25, -0.2) is 4.98 Å². The van der Waals surface area contributed by atoms with Crippen molar-refractivity contribution < 1.29 is 4.74 Å². The fourth-order valence-electron chi connectivity index (χ4n) is 6.14. The number of fused-ring (bicyclic) bond motifs is 2. The van der Waals surface area contributed by atoms with Crippen LogP contribution in [0.1, 0.15) is 55.6 Å². The van der Waals surface area contributed by atoms with Gasteiger partial charge >= 0.3 is 0 Å². The number of para-hydroxylation sites is 1. The zero-order valence-electron chi connectivity index (χ0n) is 17.8. The summed E-state index contributed by atoms with van der Waals surface area (Å²) in [5.74, 6) is 3.53. The van der Waals surface area contributed by atoms with Gasteiger partial charge in [0.15, 0.2) is 0 Å². The molecule has 5 heterocycles. The van der Waals surface area contributed by atoms with Gasteiger partial charge in [-0.3, -0.25) is 9.80 Å². The van der Waals surface area contributed by atoms with Gasteiger partial charge in [0, 0.05) is 55.0 Å². The van der Waals surface area contributed by atoms with E-state index in [-0.39, 0.29) is 0 Å². The summed E-state index contributed by atoms with van der Waals surface area (Å²) in [7, 11) is 1.80. The maximum absolute atomic E-state index is 5.76. The Morgan fingerprint density at radius 3 is 2.79 bits per heavy atom. The van der Waals surface area contributed by atoms with E-state index in [9.17, 15) is 0 Å². The van der Waals surface area contributed by atoms with Gasteiger partial charge in [0.25, 0.3) is 0 Å². The van der Waals surface area contributed by atoms with Gasteiger partial charge in [0.1, 0.15) is 11.6 Å². The van der Waals surface area contributed by atoms with Crippen LogP contribution in [0.25, 0.3) is 0 Å². The molecule has 5 heteroatoms. The van der Waals surface area contributed by atoms with Gasteiger partial charge in [-0.1, -0.05) is 31.5 Å². The van der Waals surface area contributed by atoms with Crippen LogP contribution in [-0.4, -0.2) is 58.6 Å². The normalized spacial score (nSPS) is 31.2. The van der Waals surface area contributed by atoms with Gasteiger partial charge < -0.3 is 9.72 Å². The molecule has 4 saturated heterocycles. The van der Waals surface area contributed by atoms with Gasteiger partial charge in [0.2, 0.25) is 0 Å². The molecule has 4 aliphatic heterocycles. The molecule has 0 amide bonds. The first-order valence-corrected chi connectivity index (χ1v) is 11.4. The van der Waals surface area contributed by atoms with E-state index >= 15 is 0 Å². The molecule has 1 aromatic carbocycles. The number of aromatic nitrogens is 2. The van der Waals surface area contributed by atoms with Gasteiger partial charge in [-0.05, 0) is 44.3 Å². The minimum atomic E-state index is 0.515. The topological polar surface area (TPSA) is 44.4 Å². The SMILES string of the molecule is CCCCc1ncc(CN2C[C@H](c3ccccc3OC)[C@H]3[C@@H]2C2CCN3CC2)[nH]1. The Hall–Kier alpha value is -1.85. The second-order valence-corrected chi connectivity index (χ2v) is 9.09. The number of hydrogen-bond donors (Lipinski definition) is 1. The number of aromatic amines is 1. The largest absolute Gasteiger partial charge is 0.496 e. The van der Waals surface area contributed by atoms with Crippen LogP contribution in [0.4, 0.5) is 0 Å². The average Bonchev–Trinajstić information content (AvgIpc) is 3.39. The van der Waals surface area contributed by atoms with Crippen LogP contribution in [0, 0.1) is 5.92 Å². The number of rotatable bonds is 7. The van der Waals surface area contributed by atoms with Crippen LogP contribution >= 0.6 is 0 Å². The maximum atomic E-state index is 5.76. The summed E-state index contributed by atoms with van der Waals surface area (Å²) in [6, 6.07) is 9.92. The molecule has 0 radical (unpaired) electrons. The number of nitrogens with zero attached hydrogens (tertiary/aromatic N) is 3. The van der Waals surface area contributed by atoms with Crippen molar-refractivity contribution in [2.24, 2.45) is 5.92 Å². The Morgan fingerprint density at radius 1 is 1.17 bits per heavy atom. The fourth-order valence-corrected chi connectivity index (χ4v) is 6.14. The smallest absolute Gasteiger partial charge is 0.122 e. The lowest BCUT2D eigenvalue weighted by Crippen LogP contribution is -2.60. The lowest BCUT2D eigenvalue weighted by molar-refractivity contribution is -0.00905. The summed E-state index contributed by atoms with van der Waals surface area (Å²) in [6.45, 7) is 6.84. The van der Waals surface area contributed by atoms with Crippen LogP contribution in [-0.2, 0) is 13.0 Å². The molecule has 4 fully saturated rings. The van der Waals surface area contributed by atoms with Gasteiger partial charge in [-0.2, -0.15) is 0 Å². The summed E-state index contributed by atoms with van der Waals surface area (Å²) in [4.78, 5) is 13.8. The minimum Gasteiger partial charge on any atom is -0.496 e. The Labute approximate surface area is 174 Å². The molecule has 0 spiro atoms. The Balaban J connectivity index is 1.41. The third-order valence-corrected chi connectivity index (χ3v) is 7.45. The van der Waals surface area contributed by atoms with Crippen LogP contribution in [0.5, 0.6) is 5.75 Å². The quantitative estimate of drug-likeness (QED) is 0.775. The third-order valence-electron chi connectivity index (χ3n) is 7.45. The van der Waals surface area contributed by atoms with Crippen molar-refractivity contribution in [1.82, 2.24) is 19.8 Å². The van der Waals surface area contributed by atoms with E-state index in [4.69, 9.17) is 4.74 Å². The molecule has 2 aromatic rings. The number of nitrogens with one attached hydrogen (secondary N) is 1. The number of piperidine rings is 3. The average molecular weight is 395 g/mol. The van der Waals surface area contributed by atoms with Crippen molar-refractivity contribution in [2.45, 2.75) is 63.6 Å². The first-order valence-electron chi connectivity index (χ1n) is 11.4. The lowest BCUT2D eigenvalue weighted by Gasteiger charge is -2.51. The van der Waals surface area contributed by atoms with E-state index in [1.807, 2.05) is 0 Å². The van der Waals surface area contributed by atoms with Crippen LogP contribution in [0.2, 0.25) is 0 Å². The molecule has 4 aliphatic rings. The Morgan fingerprint density at radius 2 is 2.00 bits per heavy atom. The zero-order valence-corrected chi connectivity index (χ0v) is 17.8. The van der Waals surface area contributed by atoms with E-state index in [0.29, 0.717) is 18.0 Å². The summed E-state index contributed by atoms with van der Waals surface area (Å²) in [6.07, 6.45) is 8.24. The highest BCUT2D eigenvalue weighted by molar-refractivity contribution is 5.39. The molecular formula is C24H34N4O. The highest BCUT2D eigenvalue weighted by Crippen LogP contribution is 2.48. The van der Waals surface area contributed by atoms with Crippen molar-refractivity contribution in [3.05, 3.63) is 47.5 Å². The summed E-state index contributed by atoms with van der Waals surface area (Å²) in [5, 5.41) is 0. The molecule has 0 aliphatic carbocycles. The van der Waals surface area contributed by atoms with Gasteiger partial charge in [0.05, 0.1) is 7.11 Å². The number of hydrogen-bond acceptors (Lipinski definition) is 4. The van der Waals surface area contributed by atoms with Crippen molar-refractivity contribution in [1.29, 1.82) is 0 Å². The Kier molecular flexibility index (Phi) is 5.35. The molecule has 156 valence electrons. The Bertz CT molecular complexity index is 826. The minimum absolute atomic E-state index is 0.515. The van der Waals surface area contributed by atoms with Crippen LogP contribution in [0.3, 0.4) is 0 Å². The molecule has 0 saturated carbocycles. The number of methoxy groups -OCH3 is 1. The van der Waals surface area contributed by atoms with Crippen molar-refractivity contribution in [3.63, 3.8) is 0 Å². The highest BCUT2D eigenvalue weighted by atomic mass is 16.5. The predicted octanol–water partition coefficient (Wildman–Crippen LogP) is 3.82. The van der Waals surface area contributed by atoms with E-state index in [1.165, 1.54) is 50.0 Å². The second kappa shape index (κ2) is 8.11. The molecule has 0 unspecified atom stereocenters. The molecule has 1 N–H and O–H groups in total. The van der Waals surface area contributed by atoms with Crippen LogP contribution in [0.15, 0.2) is 30.5 Å². The summed E-state index contributed by atoms with van der Waals surface area (Å²) in [5.41, 5.74) is 2.65. The van der Waals surface area contributed by atoms with E-state index in [0.717, 1.165) is 37.0 Å². The van der Waals surface area contributed by atoms with E-state index < -0.39 is 0 Å². The molecule has 6 rings (SSSR count). The van der Waals surface area contributed by atoms with E-state index in [2.05, 4.69) is 57.2 Å². The number of imidazole rings is 1. The van der Waals surface area contributed by atoms with Crippen molar-refractivity contribution in [3.8, 4) is 5.75 Å². The number of aryl methyl sites for hydroxylation is 1. The molecular weight excluding hydrogens is 360 g/mol. The van der Waals surface area contributed by atoms with Crippen molar-refractivity contribution >= 4 is 0 Å². The molecule has 29 heavy (non-hydrogen) atoms. The standard InChI is InChI=1S/C24H34N4O/c1-3-4-9-22-25-14-18(26-22)15-28-16-20(19-7-5-6-8-21(19)29-2)24-23(28)17-10-12-27(24)13-11-17/h5-8,14,17,20,23-24H,3-4,9-13,15-16H2,1-2H3,(H,25,26)/t20-,23+,24+/m1/s1. The molecule has 2 bridgehead atoms. The number of ether oxygens (including phenoxy) is 1. The summed E-state index contributed by atoms with van der Waals surface area (Å²) >= 11 is 0. The maximum Gasteiger partial charge on any atom is 0.122 e. The first-order chi connectivity index (χ1) is 14.3. The molecule has 1 aromatic heterocycles. The third kappa shape index (κ3) is 3.49. The molecule has 3 atom stereocenters. The monoisotopic (exact) mass is 394 g/mol. The first kappa shape index (κ1) is 19.1. The van der Waals surface area contributed by atoms with Crippen LogP contribution < -0.4 is 4.74 Å². The van der Waals surface area contributed by atoms with Gasteiger partial charge in [-0.15, -0.1) is 0 Å². The predicted molar refractivity (Wildman–Crippen MR) is 115 cm³/mol. The second-order valence-electron chi connectivity index (χ2n) is 9.09.